The van der Waals surface area contributed by atoms with Crippen molar-refractivity contribution in [3.05, 3.63) is 54.4 Å². The second-order valence-corrected chi connectivity index (χ2v) is 5.20. The van der Waals surface area contributed by atoms with E-state index in [-0.39, 0.29) is 5.56 Å². The summed E-state index contributed by atoms with van der Waals surface area (Å²) in [6, 6.07) is 10.6. The lowest BCUT2D eigenvalue weighted by Crippen LogP contribution is -2.04. The summed E-state index contributed by atoms with van der Waals surface area (Å²) >= 11 is 1.73. The van der Waals surface area contributed by atoms with Gasteiger partial charge >= 0.3 is 5.97 Å². The SMILES string of the molecule is O=C(O)c1ccccc1OCCCSc1ccncc1. The first-order valence-corrected chi connectivity index (χ1v) is 7.24. The number of benzene rings is 1. The van der Waals surface area contributed by atoms with Crippen molar-refractivity contribution >= 4 is 17.7 Å². The zero-order valence-corrected chi connectivity index (χ0v) is 11.7. The van der Waals surface area contributed by atoms with Crippen molar-refractivity contribution < 1.29 is 14.6 Å². The molecule has 1 aromatic heterocycles. The first-order chi connectivity index (χ1) is 9.77. The molecule has 2 rings (SSSR count). The van der Waals surface area contributed by atoms with Gasteiger partial charge in [0.15, 0.2) is 0 Å². The smallest absolute Gasteiger partial charge is 0.339 e. The van der Waals surface area contributed by atoms with Gasteiger partial charge in [0.1, 0.15) is 11.3 Å². The number of para-hydroxylation sites is 1. The van der Waals surface area contributed by atoms with Crippen molar-refractivity contribution in [2.45, 2.75) is 11.3 Å². The van der Waals surface area contributed by atoms with Gasteiger partial charge in [0.25, 0.3) is 0 Å². The molecule has 0 aliphatic rings. The quantitative estimate of drug-likeness (QED) is 0.625. The zero-order valence-electron chi connectivity index (χ0n) is 10.9. The molecule has 0 atom stereocenters. The average molecular weight is 289 g/mol. The summed E-state index contributed by atoms with van der Waals surface area (Å²) in [5.74, 6) is 0.375. The summed E-state index contributed by atoms with van der Waals surface area (Å²) < 4.78 is 5.53. The Labute approximate surface area is 121 Å². The van der Waals surface area contributed by atoms with Crippen molar-refractivity contribution in [1.29, 1.82) is 0 Å². The van der Waals surface area contributed by atoms with Gasteiger partial charge in [0.2, 0.25) is 0 Å². The lowest BCUT2D eigenvalue weighted by Gasteiger charge is -2.08. The van der Waals surface area contributed by atoms with Crippen LogP contribution in [-0.2, 0) is 0 Å². The summed E-state index contributed by atoms with van der Waals surface area (Å²) in [6.07, 6.45) is 4.38. The predicted octanol–water partition coefficient (Wildman–Crippen LogP) is 3.34. The van der Waals surface area contributed by atoms with Gasteiger partial charge in [-0.25, -0.2) is 4.79 Å². The number of aromatic nitrogens is 1. The van der Waals surface area contributed by atoms with Gasteiger partial charge in [0, 0.05) is 23.0 Å². The first kappa shape index (κ1) is 14.4. The Morgan fingerprint density at radius 3 is 2.70 bits per heavy atom. The third-order valence-electron chi connectivity index (χ3n) is 2.58. The van der Waals surface area contributed by atoms with Gasteiger partial charge in [0.05, 0.1) is 6.61 Å². The van der Waals surface area contributed by atoms with E-state index in [2.05, 4.69) is 4.98 Å². The Morgan fingerprint density at radius 2 is 1.95 bits per heavy atom. The number of hydrogen-bond acceptors (Lipinski definition) is 4. The molecule has 0 radical (unpaired) electrons. The molecule has 2 aromatic rings. The van der Waals surface area contributed by atoms with E-state index in [1.165, 1.54) is 4.90 Å². The van der Waals surface area contributed by atoms with Crippen LogP contribution in [0.15, 0.2) is 53.7 Å². The van der Waals surface area contributed by atoms with Gasteiger partial charge in [-0.05, 0) is 30.7 Å². The van der Waals surface area contributed by atoms with Crippen molar-refractivity contribution in [2.24, 2.45) is 0 Å². The third-order valence-corrected chi connectivity index (χ3v) is 3.68. The van der Waals surface area contributed by atoms with E-state index in [1.54, 1.807) is 48.4 Å². The number of carbonyl (C=O) groups is 1. The minimum atomic E-state index is -0.966. The van der Waals surface area contributed by atoms with E-state index < -0.39 is 5.97 Å². The summed E-state index contributed by atoms with van der Waals surface area (Å²) in [6.45, 7) is 0.502. The molecule has 0 bridgehead atoms. The fourth-order valence-corrected chi connectivity index (χ4v) is 2.45. The molecule has 0 unspecified atom stereocenters. The van der Waals surface area contributed by atoms with E-state index in [4.69, 9.17) is 9.84 Å². The van der Waals surface area contributed by atoms with E-state index in [1.807, 2.05) is 12.1 Å². The fraction of sp³-hybridized carbons (Fsp3) is 0.200. The maximum absolute atomic E-state index is 11.0. The number of hydrogen-bond donors (Lipinski definition) is 1. The molecular weight excluding hydrogens is 274 g/mol. The highest BCUT2D eigenvalue weighted by atomic mass is 32.2. The van der Waals surface area contributed by atoms with Crippen LogP contribution in [0, 0.1) is 0 Å². The van der Waals surface area contributed by atoms with Gasteiger partial charge in [-0.3, -0.25) is 4.98 Å². The van der Waals surface area contributed by atoms with Crippen LogP contribution < -0.4 is 4.74 Å². The molecule has 1 aromatic carbocycles. The summed E-state index contributed by atoms with van der Waals surface area (Å²) in [4.78, 5) is 16.1. The molecule has 0 spiro atoms. The van der Waals surface area contributed by atoms with E-state index >= 15 is 0 Å². The van der Waals surface area contributed by atoms with Crippen LogP contribution >= 0.6 is 11.8 Å². The molecule has 5 heteroatoms. The molecule has 20 heavy (non-hydrogen) atoms. The molecule has 0 saturated carbocycles. The summed E-state index contributed by atoms with van der Waals surface area (Å²) in [7, 11) is 0. The molecule has 1 heterocycles. The van der Waals surface area contributed by atoms with Crippen LogP contribution in [0.2, 0.25) is 0 Å². The molecule has 1 N–H and O–H groups in total. The zero-order chi connectivity index (χ0) is 14.2. The number of carboxylic acids is 1. The highest BCUT2D eigenvalue weighted by Crippen LogP contribution is 2.20. The van der Waals surface area contributed by atoms with E-state index in [0.29, 0.717) is 12.4 Å². The standard InChI is InChI=1S/C15H15NO3S/c17-15(18)13-4-1-2-5-14(13)19-10-3-11-20-12-6-8-16-9-7-12/h1-2,4-9H,3,10-11H2,(H,17,18). The lowest BCUT2D eigenvalue weighted by atomic mass is 10.2. The Morgan fingerprint density at radius 1 is 1.20 bits per heavy atom. The second kappa shape index (κ2) is 7.55. The Hall–Kier alpha value is -2.01. The van der Waals surface area contributed by atoms with Crippen LogP contribution in [0.1, 0.15) is 16.8 Å². The number of carboxylic acid groups (broad SMARTS) is 1. The molecule has 0 aliphatic heterocycles. The van der Waals surface area contributed by atoms with Gasteiger partial charge in [-0.15, -0.1) is 11.8 Å². The van der Waals surface area contributed by atoms with E-state index in [9.17, 15) is 4.79 Å². The fourth-order valence-electron chi connectivity index (χ4n) is 1.63. The monoisotopic (exact) mass is 289 g/mol. The highest BCUT2D eigenvalue weighted by Gasteiger charge is 2.09. The Bertz CT molecular complexity index is 560. The van der Waals surface area contributed by atoms with Crippen LogP contribution in [0.25, 0.3) is 0 Å². The van der Waals surface area contributed by atoms with Crippen molar-refractivity contribution in [3.63, 3.8) is 0 Å². The predicted molar refractivity (Wildman–Crippen MR) is 78.5 cm³/mol. The summed E-state index contributed by atoms with van der Waals surface area (Å²) in [5.41, 5.74) is 0.203. The van der Waals surface area contributed by atoms with Crippen molar-refractivity contribution in [3.8, 4) is 5.75 Å². The third kappa shape index (κ3) is 4.28. The highest BCUT2D eigenvalue weighted by molar-refractivity contribution is 7.99. The van der Waals surface area contributed by atoms with Crippen molar-refractivity contribution in [2.75, 3.05) is 12.4 Å². The lowest BCUT2D eigenvalue weighted by molar-refractivity contribution is 0.0692. The Kier molecular flexibility index (Phi) is 5.43. The number of nitrogens with zero attached hydrogens (tertiary/aromatic N) is 1. The largest absolute Gasteiger partial charge is 0.493 e. The summed E-state index contributed by atoms with van der Waals surface area (Å²) in [5, 5.41) is 9.03. The number of aromatic carboxylic acids is 1. The number of thioether (sulfide) groups is 1. The van der Waals surface area contributed by atoms with Crippen LogP contribution in [0.3, 0.4) is 0 Å². The number of rotatable bonds is 7. The molecule has 0 amide bonds. The topological polar surface area (TPSA) is 59.4 Å². The van der Waals surface area contributed by atoms with Gasteiger partial charge in [-0.1, -0.05) is 12.1 Å². The molecule has 0 aliphatic carbocycles. The van der Waals surface area contributed by atoms with Crippen molar-refractivity contribution in [1.82, 2.24) is 4.98 Å². The number of ether oxygens (including phenoxy) is 1. The minimum absolute atomic E-state index is 0.203. The second-order valence-electron chi connectivity index (χ2n) is 4.03. The van der Waals surface area contributed by atoms with Crippen LogP contribution in [-0.4, -0.2) is 28.4 Å². The van der Waals surface area contributed by atoms with E-state index in [0.717, 1.165) is 12.2 Å². The van der Waals surface area contributed by atoms with Crippen LogP contribution in [0.4, 0.5) is 0 Å². The Balaban J connectivity index is 1.75. The molecule has 0 fully saturated rings. The van der Waals surface area contributed by atoms with Crippen LogP contribution in [0.5, 0.6) is 5.75 Å². The maximum Gasteiger partial charge on any atom is 0.339 e. The minimum Gasteiger partial charge on any atom is -0.493 e. The molecule has 4 nitrogen and oxygen atoms in total. The average Bonchev–Trinajstić information content (AvgIpc) is 2.48. The molecule has 104 valence electrons. The molecule has 0 saturated heterocycles. The normalized spacial score (nSPS) is 10.2. The van der Waals surface area contributed by atoms with Gasteiger partial charge < -0.3 is 9.84 Å². The van der Waals surface area contributed by atoms with Gasteiger partial charge in [-0.2, -0.15) is 0 Å². The first-order valence-electron chi connectivity index (χ1n) is 6.25. The number of pyridine rings is 1. The molecular formula is C15H15NO3S. The maximum atomic E-state index is 11.0.